The van der Waals surface area contributed by atoms with E-state index in [9.17, 15) is 31.0 Å². The summed E-state index contributed by atoms with van der Waals surface area (Å²) in [6, 6.07) is 25.7. The van der Waals surface area contributed by atoms with E-state index in [4.69, 9.17) is 10.5 Å². The normalized spacial score (nSPS) is 12.4. The molecule has 0 aromatic heterocycles. The van der Waals surface area contributed by atoms with Gasteiger partial charge in [0.15, 0.2) is 5.75 Å². The summed E-state index contributed by atoms with van der Waals surface area (Å²) >= 11 is 9.02. The summed E-state index contributed by atoms with van der Waals surface area (Å²) in [6.45, 7) is 7.83. The number of rotatable bonds is 13. The molecule has 0 saturated carbocycles. The monoisotopic (exact) mass is 936 g/mol. The Kier molecular flexibility index (Phi) is 13.1. The number of hydrogen-bond donors (Lipinski definition) is 7. The standard InChI is InChI=1S/C44H40N8O8S4/c1-5-12-60-39-22-37(48-47-30-7-6-26-17-31(63(54,55)56)21-42(33(26)19-30)64(57,58)59)25(4)15-38(39)51-49-35-13-24(3)36(14-23(35)2)50-52-43-41(62)18-27-16-28(8-10-32(27)44(43)53)46-29-9-11-34(45)40(61)20-29/h6-11,13-22,46,53,61-62H,5,12,45H2,1-4H3,(H,54,55,56)(H,57,58,59). The Hall–Kier alpha value is -6.42. The molecule has 328 valence electrons. The maximum absolute atomic E-state index is 12.2. The van der Waals surface area contributed by atoms with Crippen molar-refractivity contribution in [1.29, 1.82) is 0 Å². The lowest BCUT2D eigenvalue weighted by Crippen LogP contribution is -2.04. The first-order valence-corrected chi connectivity index (χ1v) is 23.1. The lowest BCUT2D eigenvalue weighted by atomic mass is 10.1. The number of aryl methyl sites for hydroxylation is 3. The van der Waals surface area contributed by atoms with Crippen LogP contribution in [0.3, 0.4) is 0 Å². The molecule has 7 rings (SSSR count). The van der Waals surface area contributed by atoms with E-state index in [-0.39, 0.29) is 27.9 Å². The second kappa shape index (κ2) is 18.4. The lowest BCUT2D eigenvalue weighted by Gasteiger charge is -2.12. The molecular formula is C44H40N8O8S4. The van der Waals surface area contributed by atoms with Gasteiger partial charge in [-0.2, -0.15) is 37.3 Å². The van der Waals surface area contributed by atoms with E-state index in [1.54, 1.807) is 31.2 Å². The number of nitrogens with two attached hydrogens (primary N) is 1. The van der Waals surface area contributed by atoms with Gasteiger partial charge in [0.05, 0.1) is 34.3 Å². The number of nitrogen functional groups attached to an aromatic ring is 1. The second-order valence-corrected chi connectivity index (χ2v) is 18.5. The summed E-state index contributed by atoms with van der Waals surface area (Å²) < 4.78 is 73.2. The number of phenolic OH excluding ortho intramolecular Hbond substituents is 1. The number of hydrogen-bond acceptors (Lipinski definition) is 16. The van der Waals surface area contributed by atoms with E-state index in [1.807, 2.05) is 63.2 Å². The van der Waals surface area contributed by atoms with Crippen LogP contribution in [0.1, 0.15) is 30.0 Å². The van der Waals surface area contributed by atoms with Crippen molar-refractivity contribution in [3.8, 4) is 11.5 Å². The van der Waals surface area contributed by atoms with Crippen molar-refractivity contribution >= 4 is 118 Å². The van der Waals surface area contributed by atoms with Crippen LogP contribution in [0.15, 0.2) is 147 Å². The number of nitrogens with one attached hydrogen (secondary N) is 1. The number of fused-ring (bicyclic) bond motifs is 2. The van der Waals surface area contributed by atoms with Crippen LogP contribution in [-0.2, 0) is 20.2 Å². The fourth-order valence-electron chi connectivity index (χ4n) is 6.54. The summed E-state index contributed by atoms with van der Waals surface area (Å²) in [4.78, 5) is -0.326. The molecule has 0 bridgehead atoms. The molecule has 0 saturated heterocycles. The van der Waals surface area contributed by atoms with Crippen molar-refractivity contribution in [3.63, 3.8) is 0 Å². The number of azo groups is 3. The van der Waals surface area contributed by atoms with Crippen molar-refractivity contribution in [1.82, 2.24) is 0 Å². The molecule has 0 spiro atoms. The van der Waals surface area contributed by atoms with E-state index >= 15 is 0 Å². The molecule has 0 aliphatic rings. The molecule has 0 heterocycles. The summed E-state index contributed by atoms with van der Waals surface area (Å²) in [5, 5.41) is 42.5. The first-order chi connectivity index (χ1) is 30.3. The fraction of sp³-hybridized carbons (Fsp3) is 0.136. The van der Waals surface area contributed by atoms with Gasteiger partial charge < -0.3 is 20.9 Å². The molecule has 0 atom stereocenters. The van der Waals surface area contributed by atoms with Crippen molar-refractivity contribution in [2.24, 2.45) is 30.7 Å². The van der Waals surface area contributed by atoms with Gasteiger partial charge in [0, 0.05) is 43.7 Å². The third-order valence-electron chi connectivity index (χ3n) is 9.88. The summed E-state index contributed by atoms with van der Waals surface area (Å²) in [6.07, 6.45) is 0.704. The Morgan fingerprint density at radius 2 is 1.23 bits per heavy atom. The molecule has 64 heavy (non-hydrogen) atoms. The number of aromatic hydroxyl groups is 1. The topological polar surface area (TPSA) is 250 Å². The first kappa shape index (κ1) is 45.6. The number of ether oxygens (including phenoxy) is 1. The molecule has 0 amide bonds. The van der Waals surface area contributed by atoms with E-state index < -0.39 is 30.0 Å². The molecule has 7 aromatic rings. The third-order valence-corrected chi connectivity index (χ3v) is 12.3. The van der Waals surface area contributed by atoms with E-state index in [1.165, 1.54) is 18.2 Å². The molecule has 0 fully saturated rings. The highest BCUT2D eigenvalue weighted by atomic mass is 32.2. The maximum Gasteiger partial charge on any atom is 0.295 e. The highest BCUT2D eigenvalue weighted by molar-refractivity contribution is 7.86. The minimum absolute atomic E-state index is 0.0316. The fourth-order valence-corrected chi connectivity index (χ4v) is 8.39. The molecule has 16 nitrogen and oxygen atoms in total. The van der Waals surface area contributed by atoms with Gasteiger partial charge in [-0.3, -0.25) is 9.11 Å². The van der Waals surface area contributed by atoms with Gasteiger partial charge in [0.2, 0.25) is 0 Å². The van der Waals surface area contributed by atoms with E-state index in [0.717, 1.165) is 34.0 Å². The van der Waals surface area contributed by atoms with Gasteiger partial charge in [0.25, 0.3) is 20.2 Å². The number of benzene rings is 7. The van der Waals surface area contributed by atoms with Crippen LogP contribution in [-0.4, -0.2) is 37.7 Å². The van der Waals surface area contributed by atoms with Gasteiger partial charge in [0.1, 0.15) is 22.0 Å². The molecule has 20 heteroatoms. The largest absolute Gasteiger partial charge is 0.505 e. The molecule has 0 aliphatic heterocycles. The SMILES string of the molecule is CCCOc1cc(N=Nc2ccc3cc(S(=O)(=O)O)cc(S(=O)(=O)O)c3c2)c(C)cc1N=Nc1cc(C)c(N=Nc2c(S)cc3cc(Nc4ccc(N)c(S)c4)ccc3c2O)cc1C. The average molecular weight is 937 g/mol. The van der Waals surface area contributed by atoms with Crippen molar-refractivity contribution in [2.45, 2.75) is 53.7 Å². The zero-order valence-corrected chi connectivity index (χ0v) is 37.9. The van der Waals surface area contributed by atoms with Gasteiger partial charge >= 0.3 is 0 Å². The lowest BCUT2D eigenvalue weighted by molar-refractivity contribution is 0.318. The number of nitrogens with zero attached hydrogens (tertiary/aromatic N) is 6. The molecular weight excluding hydrogens is 897 g/mol. The van der Waals surface area contributed by atoms with Gasteiger partial charge in [-0.05, 0) is 140 Å². The Bertz CT molecular complexity index is 3340. The zero-order chi connectivity index (χ0) is 46.1. The van der Waals surface area contributed by atoms with E-state index in [0.29, 0.717) is 74.0 Å². The smallest absolute Gasteiger partial charge is 0.295 e. The van der Waals surface area contributed by atoms with Crippen LogP contribution in [0.5, 0.6) is 11.5 Å². The average Bonchev–Trinajstić information content (AvgIpc) is 3.23. The maximum atomic E-state index is 12.2. The van der Waals surface area contributed by atoms with Crippen LogP contribution in [0, 0.1) is 20.8 Å². The molecule has 0 unspecified atom stereocenters. The van der Waals surface area contributed by atoms with Gasteiger partial charge in [-0.15, -0.1) is 35.5 Å². The molecule has 7 aromatic carbocycles. The van der Waals surface area contributed by atoms with Crippen LogP contribution in [0.25, 0.3) is 21.5 Å². The van der Waals surface area contributed by atoms with Crippen LogP contribution >= 0.6 is 25.3 Å². The Balaban J connectivity index is 1.12. The highest BCUT2D eigenvalue weighted by Gasteiger charge is 2.21. The molecule has 6 N–H and O–H groups in total. The predicted molar refractivity (Wildman–Crippen MR) is 253 cm³/mol. The van der Waals surface area contributed by atoms with Crippen LogP contribution in [0.4, 0.5) is 51.2 Å². The number of anilines is 3. The van der Waals surface area contributed by atoms with Crippen molar-refractivity contribution < 1.29 is 35.8 Å². The van der Waals surface area contributed by atoms with Crippen LogP contribution < -0.4 is 15.8 Å². The third kappa shape index (κ3) is 10.2. The van der Waals surface area contributed by atoms with Crippen molar-refractivity contribution in [2.75, 3.05) is 17.7 Å². The van der Waals surface area contributed by atoms with Crippen molar-refractivity contribution in [3.05, 3.63) is 114 Å². The number of phenols is 1. The second-order valence-electron chi connectivity index (χ2n) is 14.7. The highest BCUT2D eigenvalue weighted by Crippen LogP contribution is 2.43. The minimum Gasteiger partial charge on any atom is -0.505 e. The summed E-state index contributed by atoms with van der Waals surface area (Å²) in [7, 11) is -9.67. The number of thiol groups is 2. The van der Waals surface area contributed by atoms with Gasteiger partial charge in [-0.25, -0.2) is 0 Å². The first-order valence-electron chi connectivity index (χ1n) is 19.3. The Labute approximate surface area is 379 Å². The molecule has 0 radical (unpaired) electrons. The zero-order valence-electron chi connectivity index (χ0n) is 34.5. The Morgan fingerprint density at radius 1 is 0.625 bits per heavy atom. The van der Waals surface area contributed by atoms with E-state index in [2.05, 4.69) is 61.3 Å². The predicted octanol–water partition coefficient (Wildman–Crippen LogP) is 13.1. The summed E-state index contributed by atoms with van der Waals surface area (Å²) in [5.74, 6) is 0.322. The Morgan fingerprint density at radius 3 is 1.89 bits per heavy atom. The molecule has 0 aliphatic carbocycles. The summed E-state index contributed by atoms with van der Waals surface area (Å²) in [5.41, 5.74) is 12.6. The minimum atomic E-state index is -4.90. The van der Waals surface area contributed by atoms with Crippen LogP contribution in [0.2, 0.25) is 0 Å². The van der Waals surface area contributed by atoms with Gasteiger partial charge in [-0.1, -0.05) is 13.0 Å². The quantitative estimate of drug-likeness (QED) is 0.0249.